The van der Waals surface area contributed by atoms with Gasteiger partial charge in [0.05, 0.1) is 11.0 Å². The first-order valence-electron chi connectivity index (χ1n) is 6.77. The lowest BCUT2D eigenvalue weighted by Crippen LogP contribution is -2.27. The third-order valence-electron chi connectivity index (χ3n) is 3.66. The number of fused-ring (bicyclic) bond motifs is 1. The molecule has 0 amide bonds. The van der Waals surface area contributed by atoms with E-state index < -0.39 is 0 Å². The Morgan fingerprint density at radius 3 is 2.70 bits per heavy atom. The van der Waals surface area contributed by atoms with Gasteiger partial charge in [0.1, 0.15) is 0 Å². The fourth-order valence-corrected chi connectivity index (χ4v) is 3.21. The van der Waals surface area contributed by atoms with Gasteiger partial charge >= 0.3 is 0 Å². The Balaban J connectivity index is 1.82. The number of hydrogen-bond donors (Lipinski definition) is 1. The van der Waals surface area contributed by atoms with Crippen LogP contribution in [0.4, 0.5) is 5.95 Å². The number of rotatable bonds is 4. The molecule has 0 bridgehead atoms. The summed E-state index contributed by atoms with van der Waals surface area (Å²) in [6, 6.07) is 12.5. The van der Waals surface area contributed by atoms with Crippen LogP contribution in [0.15, 0.2) is 41.8 Å². The van der Waals surface area contributed by atoms with Crippen LogP contribution in [0.2, 0.25) is 0 Å². The molecule has 3 aromatic rings. The van der Waals surface area contributed by atoms with E-state index >= 15 is 0 Å². The smallest absolute Gasteiger partial charge is 0.203 e. The molecule has 0 unspecified atom stereocenters. The van der Waals surface area contributed by atoms with E-state index in [1.54, 1.807) is 0 Å². The molecule has 20 heavy (non-hydrogen) atoms. The standard InChI is InChI=1S/C16H19N3S/c1-16(2,14-9-6-10-20-14)11-17-15-18-12-7-4-5-8-13(12)19(15)3/h4-10H,11H2,1-3H3,(H,17,18). The van der Waals surface area contributed by atoms with Gasteiger partial charge in [0.2, 0.25) is 5.95 Å². The third-order valence-corrected chi connectivity index (χ3v) is 4.90. The van der Waals surface area contributed by atoms with Crippen LogP contribution in [0.1, 0.15) is 18.7 Å². The van der Waals surface area contributed by atoms with Gasteiger partial charge in [-0.2, -0.15) is 0 Å². The number of imidazole rings is 1. The fraction of sp³-hybridized carbons (Fsp3) is 0.312. The van der Waals surface area contributed by atoms with Crippen LogP contribution in [0.3, 0.4) is 0 Å². The van der Waals surface area contributed by atoms with E-state index in [4.69, 9.17) is 0 Å². The number of benzene rings is 1. The Kier molecular flexibility index (Phi) is 3.26. The minimum absolute atomic E-state index is 0.103. The van der Waals surface area contributed by atoms with E-state index in [2.05, 4.69) is 59.3 Å². The molecule has 4 heteroatoms. The zero-order chi connectivity index (χ0) is 14.2. The largest absolute Gasteiger partial charge is 0.355 e. The van der Waals surface area contributed by atoms with Gasteiger partial charge in [0, 0.05) is 23.9 Å². The molecule has 3 nitrogen and oxygen atoms in total. The van der Waals surface area contributed by atoms with Crippen LogP contribution < -0.4 is 5.32 Å². The minimum atomic E-state index is 0.103. The molecule has 0 fully saturated rings. The van der Waals surface area contributed by atoms with Crippen molar-refractivity contribution in [2.45, 2.75) is 19.3 Å². The van der Waals surface area contributed by atoms with Gasteiger partial charge in [-0.1, -0.05) is 32.0 Å². The molecular weight excluding hydrogens is 266 g/mol. The lowest BCUT2D eigenvalue weighted by molar-refractivity contribution is 0.566. The Labute approximate surface area is 123 Å². The van der Waals surface area contributed by atoms with Crippen LogP contribution in [-0.4, -0.2) is 16.1 Å². The molecule has 0 aliphatic carbocycles. The highest BCUT2D eigenvalue weighted by Crippen LogP contribution is 2.28. The second kappa shape index (κ2) is 4.94. The quantitative estimate of drug-likeness (QED) is 0.784. The van der Waals surface area contributed by atoms with Gasteiger partial charge < -0.3 is 9.88 Å². The average Bonchev–Trinajstić information content (AvgIpc) is 3.06. The third kappa shape index (κ3) is 2.31. The van der Waals surface area contributed by atoms with Crippen molar-refractivity contribution in [3.05, 3.63) is 46.7 Å². The number of anilines is 1. The van der Waals surface area contributed by atoms with Crippen molar-refractivity contribution >= 4 is 28.3 Å². The molecule has 0 saturated carbocycles. The maximum Gasteiger partial charge on any atom is 0.203 e. The second-order valence-corrected chi connectivity index (χ2v) is 6.65. The molecule has 0 saturated heterocycles. The molecule has 1 N–H and O–H groups in total. The van der Waals surface area contributed by atoms with E-state index in [-0.39, 0.29) is 5.41 Å². The molecule has 0 atom stereocenters. The van der Waals surface area contributed by atoms with Crippen molar-refractivity contribution < 1.29 is 0 Å². The van der Waals surface area contributed by atoms with Crippen LogP contribution in [-0.2, 0) is 12.5 Å². The van der Waals surface area contributed by atoms with Crippen molar-refractivity contribution in [1.29, 1.82) is 0 Å². The number of aryl methyl sites for hydroxylation is 1. The zero-order valence-electron chi connectivity index (χ0n) is 12.1. The molecule has 0 spiro atoms. The van der Waals surface area contributed by atoms with Crippen molar-refractivity contribution in [2.75, 3.05) is 11.9 Å². The molecule has 0 aliphatic rings. The summed E-state index contributed by atoms with van der Waals surface area (Å²) in [5, 5.41) is 5.62. The summed E-state index contributed by atoms with van der Waals surface area (Å²) in [4.78, 5) is 6.04. The van der Waals surface area contributed by atoms with Gasteiger partial charge in [0.15, 0.2) is 0 Å². The molecule has 0 aliphatic heterocycles. The van der Waals surface area contributed by atoms with E-state index in [0.29, 0.717) is 0 Å². The van der Waals surface area contributed by atoms with Crippen molar-refractivity contribution in [3.63, 3.8) is 0 Å². The number of nitrogens with zero attached hydrogens (tertiary/aromatic N) is 2. The maximum atomic E-state index is 4.65. The zero-order valence-corrected chi connectivity index (χ0v) is 12.9. The van der Waals surface area contributed by atoms with Crippen LogP contribution >= 0.6 is 11.3 Å². The number of aromatic nitrogens is 2. The summed E-state index contributed by atoms with van der Waals surface area (Å²) in [6.45, 7) is 5.38. The van der Waals surface area contributed by atoms with Gasteiger partial charge in [-0.05, 0) is 23.6 Å². The van der Waals surface area contributed by atoms with Gasteiger partial charge in [0.25, 0.3) is 0 Å². The molecular formula is C16H19N3S. The Hall–Kier alpha value is -1.81. The van der Waals surface area contributed by atoms with Gasteiger partial charge in [-0.15, -0.1) is 11.3 Å². The minimum Gasteiger partial charge on any atom is -0.355 e. The molecule has 3 rings (SSSR count). The van der Waals surface area contributed by atoms with E-state index in [1.165, 1.54) is 4.88 Å². The Morgan fingerprint density at radius 1 is 1.20 bits per heavy atom. The van der Waals surface area contributed by atoms with E-state index in [9.17, 15) is 0 Å². The molecule has 104 valence electrons. The van der Waals surface area contributed by atoms with Crippen LogP contribution in [0.25, 0.3) is 11.0 Å². The van der Waals surface area contributed by atoms with Crippen molar-refractivity contribution in [2.24, 2.45) is 7.05 Å². The lowest BCUT2D eigenvalue weighted by Gasteiger charge is -2.23. The summed E-state index contributed by atoms with van der Waals surface area (Å²) >= 11 is 1.81. The normalized spacial score (nSPS) is 11.9. The topological polar surface area (TPSA) is 29.9 Å². The predicted octanol–water partition coefficient (Wildman–Crippen LogP) is 4.02. The summed E-state index contributed by atoms with van der Waals surface area (Å²) in [7, 11) is 2.05. The monoisotopic (exact) mass is 285 g/mol. The van der Waals surface area contributed by atoms with Crippen LogP contribution in [0, 0.1) is 0 Å². The molecule has 2 heterocycles. The number of thiophene rings is 1. The van der Waals surface area contributed by atoms with Crippen molar-refractivity contribution in [3.8, 4) is 0 Å². The summed E-state index contributed by atoms with van der Waals surface area (Å²) in [5.74, 6) is 0.927. The molecule has 1 aromatic carbocycles. The summed E-state index contributed by atoms with van der Waals surface area (Å²) < 4.78 is 2.11. The highest BCUT2D eigenvalue weighted by molar-refractivity contribution is 7.10. The average molecular weight is 285 g/mol. The highest BCUT2D eigenvalue weighted by atomic mass is 32.1. The number of hydrogen-bond acceptors (Lipinski definition) is 3. The first-order chi connectivity index (χ1) is 9.58. The Morgan fingerprint density at radius 2 is 2.00 bits per heavy atom. The summed E-state index contributed by atoms with van der Waals surface area (Å²) in [5.41, 5.74) is 2.29. The summed E-state index contributed by atoms with van der Waals surface area (Å²) in [6.07, 6.45) is 0. The lowest BCUT2D eigenvalue weighted by atomic mass is 9.91. The predicted molar refractivity (Wildman–Crippen MR) is 86.5 cm³/mol. The second-order valence-electron chi connectivity index (χ2n) is 5.70. The number of para-hydroxylation sites is 2. The van der Waals surface area contributed by atoms with E-state index in [0.717, 1.165) is 23.5 Å². The van der Waals surface area contributed by atoms with Gasteiger partial charge in [-0.3, -0.25) is 0 Å². The maximum absolute atomic E-state index is 4.65. The molecule has 0 radical (unpaired) electrons. The SMILES string of the molecule is Cn1c(NCC(C)(C)c2cccs2)nc2ccccc21. The Bertz CT molecular complexity index is 710. The first kappa shape index (κ1) is 13.2. The number of nitrogens with one attached hydrogen (secondary N) is 1. The fourth-order valence-electron chi connectivity index (χ4n) is 2.35. The van der Waals surface area contributed by atoms with Gasteiger partial charge in [-0.25, -0.2) is 4.98 Å². The van der Waals surface area contributed by atoms with Crippen LogP contribution in [0.5, 0.6) is 0 Å². The van der Waals surface area contributed by atoms with Crippen molar-refractivity contribution in [1.82, 2.24) is 9.55 Å². The molecule has 2 aromatic heterocycles. The van der Waals surface area contributed by atoms with E-state index in [1.807, 2.05) is 29.5 Å². The first-order valence-corrected chi connectivity index (χ1v) is 7.65. The highest BCUT2D eigenvalue weighted by Gasteiger charge is 2.22.